The summed E-state index contributed by atoms with van der Waals surface area (Å²) < 4.78 is 0. The minimum Gasteiger partial charge on any atom is -0.382 e. The molecular weight excluding hydrogens is 220 g/mol. The van der Waals surface area contributed by atoms with Crippen LogP contribution in [-0.2, 0) is 0 Å². The summed E-state index contributed by atoms with van der Waals surface area (Å²) in [5, 5.41) is 3.44. The summed E-state index contributed by atoms with van der Waals surface area (Å²) in [5.41, 5.74) is 2.97. The maximum atomic E-state index is 3.44. The Morgan fingerprint density at radius 1 is 1.25 bits per heavy atom. The van der Waals surface area contributed by atoms with Crippen molar-refractivity contribution in [1.82, 2.24) is 0 Å². The van der Waals surface area contributed by atoms with Crippen LogP contribution in [0.1, 0.15) is 20.8 Å². The number of para-hydroxylation sites is 2. The average Bonchev–Trinajstić information content (AvgIpc) is 2.16. The van der Waals surface area contributed by atoms with E-state index in [1.54, 1.807) is 0 Å². The molecule has 0 amide bonds. The van der Waals surface area contributed by atoms with Crippen LogP contribution >= 0.6 is 12.4 Å². The molecule has 1 aromatic carbocycles. The van der Waals surface area contributed by atoms with E-state index in [2.05, 4.69) is 55.3 Å². The Hall–Kier alpha value is -0.890. The van der Waals surface area contributed by atoms with Gasteiger partial charge in [-0.15, -0.1) is 12.4 Å². The summed E-state index contributed by atoms with van der Waals surface area (Å²) in [6, 6.07) is 8.56. The normalized spacial score (nSPS) is 14.8. The van der Waals surface area contributed by atoms with Crippen molar-refractivity contribution in [3.63, 3.8) is 0 Å². The third-order valence-electron chi connectivity index (χ3n) is 2.61. The van der Waals surface area contributed by atoms with Gasteiger partial charge >= 0.3 is 0 Å². The molecular formula is C13H21ClN2. The van der Waals surface area contributed by atoms with Crippen molar-refractivity contribution >= 4 is 23.8 Å². The maximum absolute atomic E-state index is 3.44. The van der Waals surface area contributed by atoms with Crippen LogP contribution in [0.25, 0.3) is 0 Å². The molecule has 1 N–H and O–H groups in total. The Morgan fingerprint density at radius 3 is 2.62 bits per heavy atom. The fourth-order valence-corrected chi connectivity index (χ4v) is 2.08. The Bertz CT molecular complexity index is 344. The minimum atomic E-state index is 0. The number of nitrogens with zero attached hydrogens (tertiary/aromatic N) is 1. The Kier molecular flexibility index (Phi) is 4.09. The van der Waals surface area contributed by atoms with Gasteiger partial charge in [0.15, 0.2) is 0 Å². The molecule has 0 atom stereocenters. The van der Waals surface area contributed by atoms with E-state index >= 15 is 0 Å². The second kappa shape index (κ2) is 4.96. The Labute approximate surface area is 104 Å². The van der Waals surface area contributed by atoms with Gasteiger partial charge in [-0.3, -0.25) is 0 Å². The van der Waals surface area contributed by atoms with Crippen LogP contribution in [0.2, 0.25) is 0 Å². The first-order chi connectivity index (χ1) is 7.06. The lowest BCUT2D eigenvalue weighted by molar-refractivity contribution is 0.410. The highest BCUT2D eigenvalue weighted by Gasteiger charge is 2.20. The number of nitrogens with one attached hydrogen (secondary N) is 1. The lowest BCUT2D eigenvalue weighted by Crippen LogP contribution is -2.39. The monoisotopic (exact) mass is 240 g/mol. The molecule has 1 heterocycles. The molecule has 0 fully saturated rings. The van der Waals surface area contributed by atoms with Gasteiger partial charge < -0.3 is 10.2 Å². The molecule has 0 aromatic heterocycles. The molecule has 1 aliphatic heterocycles. The smallest absolute Gasteiger partial charge is 0.0602 e. The lowest BCUT2D eigenvalue weighted by Gasteiger charge is -2.36. The second-order valence-electron chi connectivity index (χ2n) is 5.43. The molecule has 90 valence electrons. The molecule has 2 nitrogen and oxygen atoms in total. The largest absolute Gasteiger partial charge is 0.382 e. The molecule has 1 aliphatic rings. The third kappa shape index (κ3) is 3.05. The van der Waals surface area contributed by atoms with E-state index in [-0.39, 0.29) is 12.4 Å². The quantitative estimate of drug-likeness (QED) is 0.810. The summed E-state index contributed by atoms with van der Waals surface area (Å²) >= 11 is 0. The predicted octanol–water partition coefficient (Wildman–Crippen LogP) is 3.39. The van der Waals surface area contributed by atoms with Gasteiger partial charge in [-0.1, -0.05) is 32.9 Å². The average molecular weight is 241 g/mol. The van der Waals surface area contributed by atoms with E-state index in [0.717, 1.165) is 19.6 Å². The summed E-state index contributed by atoms with van der Waals surface area (Å²) in [6.45, 7) is 10.1. The van der Waals surface area contributed by atoms with E-state index in [4.69, 9.17) is 0 Å². The van der Waals surface area contributed by atoms with E-state index in [9.17, 15) is 0 Å². The molecule has 1 aromatic rings. The van der Waals surface area contributed by atoms with E-state index in [0.29, 0.717) is 5.41 Å². The lowest BCUT2D eigenvalue weighted by atomic mass is 9.95. The summed E-state index contributed by atoms with van der Waals surface area (Å²) in [6.07, 6.45) is 0. The Balaban J connectivity index is 0.00000128. The highest BCUT2D eigenvalue weighted by Crippen LogP contribution is 2.30. The van der Waals surface area contributed by atoms with Gasteiger partial charge in [0, 0.05) is 19.6 Å². The molecule has 0 saturated heterocycles. The molecule has 0 saturated carbocycles. The number of benzene rings is 1. The summed E-state index contributed by atoms with van der Waals surface area (Å²) in [7, 11) is 0. The van der Waals surface area contributed by atoms with Crippen molar-refractivity contribution in [2.75, 3.05) is 29.9 Å². The summed E-state index contributed by atoms with van der Waals surface area (Å²) in [5.74, 6) is 0. The molecule has 0 radical (unpaired) electrons. The Morgan fingerprint density at radius 2 is 1.94 bits per heavy atom. The van der Waals surface area contributed by atoms with Crippen LogP contribution in [0.4, 0.5) is 11.4 Å². The number of hydrogen-bond acceptors (Lipinski definition) is 2. The van der Waals surface area contributed by atoms with Gasteiger partial charge in [0.05, 0.1) is 11.4 Å². The maximum Gasteiger partial charge on any atom is 0.0602 e. The fourth-order valence-electron chi connectivity index (χ4n) is 2.08. The van der Waals surface area contributed by atoms with E-state index in [1.165, 1.54) is 11.4 Å². The molecule has 2 rings (SSSR count). The van der Waals surface area contributed by atoms with Crippen molar-refractivity contribution < 1.29 is 0 Å². The molecule has 16 heavy (non-hydrogen) atoms. The molecule has 0 spiro atoms. The van der Waals surface area contributed by atoms with Crippen LogP contribution in [0.3, 0.4) is 0 Å². The van der Waals surface area contributed by atoms with Crippen molar-refractivity contribution in [2.45, 2.75) is 20.8 Å². The van der Waals surface area contributed by atoms with Gasteiger partial charge in [0.1, 0.15) is 0 Å². The number of fused-ring (bicyclic) bond motifs is 1. The van der Waals surface area contributed by atoms with Crippen molar-refractivity contribution in [1.29, 1.82) is 0 Å². The zero-order valence-electron chi connectivity index (χ0n) is 10.3. The first-order valence-corrected chi connectivity index (χ1v) is 5.64. The highest BCUT2D eigenvalue weighted by molar-refractivity contribution is 5.85. The molecule has 0 aliphatic carbocycles. The molecule has 0 unspecified atom stereocenters. The summed E-state index contributed by atoms with van der Waals surface area (Å²) in [4.78, 5) is 2.48. The third-order valence-corrected chi connectivity index (χ3v) is 2.61. The van der Waals surface area contributed by atoms with Crippen molar-refractivity contribution in [2.24, 2.45) is 5.41 Å². The number of halogens is 1. The molecule has 0 bridgehead atoms. The number of hydrogen-bond donors (Lipinski definition) is 1. The first-order valence-electron chi connectivity index (χ1n) is 5.64. The topological polar surface area (TPSA) is 15.3 Å². The molecule has 3 heteroatoms. The van der Waals surface area contributed by atoms with Crippen LogP contribution in [-0.4, -0.2) is 19.6 Å². The van der Waals surface area contributed by atoms with Gasteiger partial charge in [-0.25, -0.2) is 0 Å². The standard InChI is InChI=1S/C13H20N2.ClH/c1-13(2,3)10-15-9-8-14-11-6-4-5-7-12(11)15;/h4-7,14H,8-10H2,1-3H3;1H. The van der Waals surface area contributed by atoms with Gasteiger partial charge in [-0.2, -0.15) is 0 Å². The second-order valence-corrected chi connectivity index (χ2v) is 5.43. The first kappa shape index (κ1) is 13.2. The highest BCUT2D eigenvalue weighted by atomic mass is 35.5. The van der Waals surface area contributed by atoms with Crippen LogP contribution in [0, 0.1) is 5.41 Å². The van der Waals surface area contributed by atoms with E-state index in [1.807, 2.05) is 0 Å². The predicted molar refractivity (Wildman–Crippen MR) is 73.8 cm³/mol. The van der Waals surface area contributed by atoms with Crippen molar-refractivity contribution in [3.8, 4) is 0 Å². The van der Waals surface area contributed by atoms with Gasteiger partial charge in [0.25, 0.3) is 0 Å². The number of anilines is 2. The zero-order chi connectivity index (χ0) is 10.9. The van der Waals surface area contributed by atoms with Gasteiger partial charge in [0.2, 0.25) is 0 Å². The minimum absolute atomic E-state index is 0. The fraction of sp³-hybridized carbons (Fsp3) is 0.538. The zero-order valence-corrected chi connectivity index (χ0v) is 11.1. The van der Waals surface area contributed by atoms with Crippen LogP contribution in [0.5, 0.6) is 0 Å². The number of rotatable bonds is 1. The van der Waals surface area contributed by atoms with E-state index < -0.39 is 0 Å². The van der Waals surface area contributed by atoms with Crippen LogP contribution in [0.15, 0.2) is 24.3 Å². The van der Waals surface area contributed by atoms with Crippen LogP contribution < -0.4 is 10.2 Å². The van der Waals surface area contributed by atoms with Crippen molar-refractivity contribution in [3.05, 3.63) is 24.3 Å². The SMILES string of the molecule is CC(C)(C)CN1CCNc2ccccc21.Cl. The van der Waals surface area contributed by atoms with Gasteiger partial charge in [-0.05, 0) is 17.5 Å².